The molecule has 1 aliphatic carbocycles. The molecule has 0 aromatic rings. The molecule has 0 spiro atoms. The van der Waals surface area contributed by atoms with Crippen molar-refractivity contribution >= 4 is 5.91 Å². The molecule has 2 unspecified atom stereocenters. The highest BCUT2D eigenvalue weighted by molar-refractivity contribution is 5.79. The van der Waals surface area contributed by atoms with Gasteiger partial charge in [0.25, 0.3) is 0 Å². The summed E-state index contributed by atoms with van der Waals surface area (Å²) in [5.41, 5.74) is 5.78. The fourth-order valence-corrected chi connectivity index (χ4v) is 3.43. The van der Waals surface area contributed by atoms with Crippen molar-refractivity contribution in [2.45, 2.75) is 25.7 Å². The minimum Gasteiger partial charge on any atom is -0.395 e. The first-order valence-electron chi connectivity index (χ1n) is 7.58. The highest BCUT2D eigenvalue weighted by Gasteiger charge is 2.34. The van der Waals surface area contributed by atoms with Crippen molar-refractivity contribution in [3.05, 3.63) is 0 Å². The molecule has 19 heavy (non-hydrogen) atoms. The Hall–Kier alpha value is -0.650. The van der Waals surface area contributed by atoms with Crippen LogP contribution in [0.4, 0.5) is 0 Å². The van der Waals surface area contributed by atoms with Crippen molar-refractivity contribution in [1.29, 1.82) is 0 Å². The van der Waals surface area contributed by atoms with Gasteiger partial charge in [0.1, 0.15) is 0 Å². The number of carbonyl (C=O) groups is 1. The molecule has 1 heterocycles. The van der Waals surface area contributed by atoms with Crippen LogP contribution in [0.2, 0.25) is 0 Å². The summed E-state index contributed by atoms with van der Waals surface area (Å²) in [4.78, 5) is 16.9. The SMILES string of the molecule is NCC1CCCC1C(=O)N1CCCN(CCO)CC1. The van der Waals surface area contributed by atoms with Crippen molar-refractivity contribution in [3.8, 4) is 0 Å². The first-order valence-corrected chi connectivity index (χ1v) is 7.58. The molecule has 0 aromatic heterocycles. The Morgan fingerprint density at radius 3 is 2.74 bits per heavy atom. The summed E-state index contributed by atoms with van der Waals surface area (Å²) in [7, 11) is 0. The van der Waals surface area contributed by atoms with E-state index in [1.807, 2.05) is 4.90 Å². The van der Waals surface area contributed by atoms with Crippen LogP contribution in [0.1, 0.15) is 25.7 Å². The van der Waals surface area contributed by atoms with E-state index in [1.54, 1.807) is 0 Å². The first kappa shape index (κ1) is 14.8. The van der Waals surface area contributed by atoms with Crippen molar-refractivity contribution < 1.29 is 9.90 Å². The van der Waals surface area contributed by atoms with Gasteiger partial charge < -0.3 is 15.7 Å². The van der Waals surface area contributed by atoms with E-state index in [9.17, 15) is 4.79 Å². The normalized spacial score (nSPS) is 29.5. The number of rotatable bonds is 4. The second kappa shape index (κ2) is 7.22. The molecule has 5 nitrogen and oxygen atoms in total. The summed E-state index contributed by atoms with van der Waals surface area (Å²) in [6, 6.07) is 0. The molecule has 0 bridgehead atoms. The van der Waals surface area contributed by atoms with Gasteiger partial charge >= 0.3 is 0 Å². The highest BCUT2D eigenvalue weighted by atomic mass is 16.3. The third kappa shape index (κ3) is 3.68. The van der Waals surface area contributed by atoms with Crippen molar-refractivity contribution in [2.24, 2.45) is 17.6 Å². The van der Waals surface area contributed by atoms with E-state index in [2.05, 4.69) is 4.90 Å². The van der Waals surface area contributed by atoms with Crippen LogP contribution in [-0.2, 0) is 4.79 Å². The van der Waals surface area contributed by atoms with Gasteiger partial charge in [0, 0.05) is 32.1 Å². The standard InChI is InChI=1S/C14H27N3O2/c15-11-12-3-1-4-13(12)14(19)17-6-2-5-16(7-8-17)9-10-18/h12-13,18H,1-11,15H2. The lowest BCUT2D eigenvalue weighted by atomic mass is 9.94. The number of nitrogens with zero attached hydrogens (tertiary/aromatic N) is 2. The minimum atomic E-state index is 0.161. The predicted octanol–water partition coefficient (Wildman–Crippen LogP) is -0.112. The Labute approximate surface area is 115 Å². The molecule has 1 saturated heterocycles. The number of hydrogen-bond acceptors (Lipinski definition) is 4. The summed E-state index contributed by atoms with van der Waals surface area (Å²) in [5, 5.41) is 8.99. The average Bonchev–Trinajstić information content (AvgIpc) is 2.78. The molecule has 5 heteroatoms. The lowest BCUT2D eigenvalue weighted by molar-refractivity contribution is -0.136. The molecule has 2 rings (SSSR count). The Morgan fingerprint density at radius 1 is 1.16 bits per heavy atom. The Kier molecular flexibility index (Phi) is 5.60. The molecule has 2 atom stereocenters. The number of carbonyl (C=O) groups excluding carboxylic acids is 1. The van der Waals surface area contributed by atoms with E-state index in [-0.39, 0.29) is 12.5 Å². The first-order chi connectivity index (χ1) is 9.26. The third-order valence-corrected chi connectivity index (χ3v) is 4.60. The minimum absolute atomic E-state index is 0.161. The van der Waals surface area contributed by atoms with Crippen molar-refractivity contribution in [3.63, 3.8) is 0 Å². The van der Waals surface area contributed by atoms with Gasteiger partial charge in [0.15, 0.2) is 0 Å². The maximum absolute atomic E-state index is 12.6. The molecular formula is C14H27N3O2. The fraction of sp³-hybridized carbons (Fsp3) is 0.929. The summed E-state index contributed by atoms with van der Waals surface area (Å²) in [6.07, 6.45) is 4.27. The molecule has 3 N–H and O–H groups in total. The second-order valence-corrected chi connectivity index (χ2v) is 5.78. The van der Waals surface area contributed by atoms with Crippen LogP contribution in [0.15, 0.2) is 0 Å². The molecule has 0 aromatic carbocycles. The highest BCUT2D eigenvalue weighted by Crippen LogP contribution is 2.32. The number of nitrogens with two attached hydrogens (primary N) is 1. The maximum Gasteiger partial charge on any atom is 0.226 e. The number of aliphatic hydroxyl groups excluding tert-OH is 1. The molecule has 2 fully saturated rings. The Balaban J connectivity index is 1.88. The summed E-state index contributed by atoms with van der Waals surface area (Å²) < 4.78 is 0. The lowest BCUT2D eigenvalue weighted by Gasteiger charge is -2.27. The maximum atomic E-state index is 12.6. The molecular weight excluding hydrogens is 242 g/mol. The van der Waals surface area contributed by atoms with Crippen molar-refractivity contribution in [2.75, 3.05) is 45.9 Å². The van der Waals surface area contributed by atoms with E-state index in [0.717, 1.165) is 58.4 Å². The van der Waals surface area contributed by atoms with Gasteiger partial charge in [-0.3, -0.25) is 9.69 Å². The topological polar surface area (TPSA) is 69.8 Å². The van der Waals surface area contributed by atoms with Gasteiger partial charge in [-0.25, -0.2) is 0 Å². The Morgan fingerprint density at radius 2 is 2.00 bits per heavy atom. The van der Waals surface area contributed by atoms with Crippen LogP contribution < -0.4 is 5.73 Å². The molecule has 1 aliphatic heterocycles. The lowest BCUT2D eigenvalue weighted by Crippen LogP contribution is -2.41. The van der Waals surface area contributed by atoms with Crippen LogP contribution in [0.5, 0.6) is 0 Å². The monoisotopic (exact) mass is 269 g/mol. The Bertz CT molecular complexity index is 298. The summed E-state index contributed by atoms with van der Waals surface area (Å²) >= 11 is 0. The van der Waals surface area contributed by atoms with Gasteiger partial charge in [0.05, 0.1) is 6.61 Å². The molecule has 0 radical (unpaired) electrons. The van der Waals surface area contributed by atoms with E-state index in [0.29, 0.717) is 18.4 Å². The van der Waals surface area contributed by atoms with Gasteiger partial charge in [0.2, 0.25) is 5.91 Å². The smallest absolute Gasteiger partial charge is 0.226 e. The molecule has 2 aliphatic rings. The molecule has 1 saturated carbocycles. The van der Waals surface area contributed by atoms with Gasteiger partial charge in [-0.2, -0.15) is 0 Å². The number of aliphatic hydroxyl groups is 1. The number of β-amino-alcohol motifs (C(OH)–C–C–N with tert-alkyl or cyclic N) is 1. The van der Waals surface area contributed by atoms with Crippen LogP contribution in [0, 0.1) is 11.8 Å². The zero-order chi connectivity index (χ0) is 13.7. The third-order valence-electron chi connectivity index (χ3n) is 4.60. The summed E-state index contributed by atoms with van der Waals surface area (Å²) in [6.45, 7) is 5.08. The summed E-state index contributed by atoms with van der Waals surface area (Å²) in [5.74, 6) is 0.873. The largest absolute Gasteiger partial charge is 0.395 e. The van der Waals surface area contributed by atoms with Crippen LogP contribution in [0.3, 0.4) is 0 Å². The van der Waals surface area contributed by atoms with Gasteiger partial charge in [-0.05, 0) is 38.3 Å². The number of hydrogen-bond donors (Lipinski definition) is 2. The van der Waals surface area contributed by atoms with Crippen molar-refractivity contribution in [1.82, 2.24) is 9.80 Å². The average molecular weight is 269 g/mol. The molecule has 110 valence electrons. The second-order valence-electron chi connectivity index (χ2n) is 5.78. The zero-order valence-corrected chi connectivity index (χ0v) is 11.8. The zero-order valence-electron chi connectivity index (χ0n) is 11.8. The van der Waals surface area contributed by atoms with E-state index in [1.165, 1.54) is 0 Å². The molecule has 1 amide bonds. The predicted molar refractivity (Wildman–Crippen MR) is 74.6 cm³/mol. The van der Waals surface area contributed by atoms with E-state index < -0.39 is 0 Å². The number of amides is 1. The van der Waals surface area contributed by atoms with Crippen LogP contribution in [0.25, 0.3) is 0 Å². The van der Waals surface area contributed by atoms with Crippen LogP contribution in [-0.4, -0.2) is 66.7 Å². The fourth-order valence-electron chi connectivity index (χ4n) is 3.43. The quantitative estimate of drug-likeness (QED) is 0.747. The van der Waals surface area contributed by atoms with E-state index >= 15 is 0 Å². The van der Waals surface area contributed by atoms with Crippen LogP contribution >= 0.6 is 0 Å². The van der Waals surface area contributed by atoms with Gasteiger partial charge in [-0.1, -0.05) is 6.42 Å². The van der Waals surface area contributed by atoms with Gasteiger partial charge in [-0.15, -0.1) is 0 Å². The van der Waals surface area contributed by atoms with E-state index in [4.69, 9.17) is 10.8 Å².